The van der Waals surface area contributed by atoms with Gasteiger partial charge in [0.25, 0.3) is 5.56 Å². The number of nitrogens with zero attached hydrogens (tertiary/aromatic N) is 2. The first-order valence-electron chi connectivity index (χ1n) is 8.45. The fourth-order valence-electron chi connectivity index (χ4n) is 2.58. The van der Waals surface area contributed by atoms with Gasteiger partial charge in [-0.15, -0.1) is 0 Å². The van der Waals surface area contributed by atoms with Gasteiger partial charge in [-0.25, -0.2) is 9.78 Å². The van der Waals surface area contributed by atoms with E-state index in [-0.39, 0.29) is 5.56 Å². The van der Waals surface area contributed by atoms with Gasteiger partial charge in [0.05, 0.1) is 17.5 Å². The minimum absolute atomic E-state index is 0.352. The summed E-state index contributed by atoms with van der Waals surface area (Å²) in [6.45, 7) is 6.51. The maximum atomic E-state index is 12.6. The average Bonchev–Trinajstić information content (AvgIpc) is 2.97. The van der Waals surface area contributed by atoms with E-state index in [1.165, 1.54) is 0 Å². The molecule has 0 spiro atoms. The third-order valence-corrected chi connectivity index (χ3v) is 5.03. The first-order chi connectivity index (χ1) is 12.4. The highest BCUT2D eigenvalue weighted by molar-refractivity contribution is 7.14. The lowest BCUT2D eigenvalue weighted by atomic mass is 9.94. The van der Waals surface area contributed by atoms with Crippen LogP contribution in [0.2, 0.25) is 0 Å². The normalized spacial score (nSPS) is 11.5. The van der Waals surface area contributed by atoms with Crippen LogP contribution < -0.4 is 15.6 Å². The van der Waals surface area contributed by atoms with E-state index in [2.05, 4.69) is 17.2 Å². The van der Waals surface area contributed by atoms with E-state index in [4.69, 9.17) is 4.74 Å². The van der Waals surface area contributed by atoms with Crippen LogP contribution in [0.15, 0.2) is 47.4 Å². The Morgan fingerprint density at radius 3 is 2.65 bits per heavy atom. The smallest absolute Gasteiger partial charge is 0.338 e. The number of pyridine rings is 1. The summed E-state index contributed by atoms with van der Waals surface area (Å²) in [7, 11) is 0. The zero-order valence-electron chi connectivity index (χ0n) is 15.0. The quantitative estimate of drug-likeness (QED) is 0.741. The average molecular weight is 371 g/mol. The Bertz CT molecular complexity index is 974. The van der Waals surface area contributed by atoms with Crippen LogP contribution in [0.4, 0.5) is 4.79 Å². The van der Waals surface area contributed by atoms with Gasteiger partial charge in [-0.05, 0) is 61.6 Å². The molecule has 1 N–H and O–H groups in total. The molecule has 6 nitrogen and oxygen atoms in total. The van der Waals surface area contributed by atoms with Crippen LogP contribution in [0.1, 0.15) is 32.8 Å². The van der Waals surface area contributed by atoms with Gasteiger partial charge in [0, 0.05) is 6.20 Å². The van der Waals surface area contributed by atoms with Crippen molar-refractivity contribution in [2.45, 2.75) is 32.7 Å². The monoisotopic (exact) mass is 371 g/mol. The molecule has 0 unspecified atom stereocenters. The van der Waals surface area contributed by atoms with E-state index in [0.717, 1.165) is 33.2 Å². The molecular formula is C19H21N3O3S. The predicted octanol–water partition coefficient (Wildman–Crippen LogP) is 3.74. The molecule has 136 valence electrons. The highest BCUT2D eigenvalue weighted by Crippen LogP contribution is 2.23. The van der Waals surface area contributed by atoms with Crippen LogP contribution in [0, 0.1) is 0 Å². The lowest BCUT2D eigenvalue weighted by molar-refractivity contribution is 0.233. The molecule has 0 saturated carbocycles. The molecule has 3 rings (SSSR count). The number of amides is 1. The summed E-state index contributed by atoms with van der Waals surface area (Å²) in [5, 5.41) is 3.37. The van der Waals surface area contributed by atoms with Crippen LogP contribution in [-0.2, 0) is 5.54 Å². The minimum atomic E-state index is -0.649. The molecule has 1 amide bonds. The van der Waals surface area contributed by atoms with Crippen molar-refractivity contribution < 1.29 is 9.53 Å². The Labute approximate surface area is 155 Å². The van der Waals surface area contributed by atoms with Crippen LogP contribution in [-0.4, -0.2) is 21.6 Å². The number of benzene rings is 1. The zero-order chi connectivity index (χ0) is 18.7. The molecule has 0 aliphatic carbocycles. The van der Waals surface area contributed by atoms with E-state index < -0.39 is 11.6 Å². The molecule has 26 heavy (non-hydrogen) atoms. The summed E-state index contributed by atoms with van der Waals surface area (Å²) in [6.07, 6.45) is 2.55. The van der Waals surface area contributed by atoms with Crippen LogP contribution in [0.25, 0.3) is 10.2 Å². The summed E-state index contributed by atoms with van der Waals surface area (Å²) in [5.41, 5.74) is -0.0830. The first-order valence-corrected chi connectivity index (χ1v) is 9.22. The van der Waals surface area contributed by atoms with Crippen LogP contribution >= 0.6 is 11.5 Å². The van der Waals surface area contributed by atoms with Gasteiger partial charge in [-0.1, -0.05) is 19.1 Å². The molecule has 0 radical (unpaired) electrons. The summed E-state index contributed by atoms with van der Waals surface area (Å²) in [4.78, 5) is 29.7. The maximum absolute atomic E-state index is 12.6. The van der Waals surface area contributed by atoms with Crippen molar-refractivity contribution >= 4 is 27.8 Å². The van der Waals surface area contributed by atoms with E-state index in [1.807, 2.05) is 38.1 Å². The molecule has 0 fully saturated rings. The van der Waals surface area contributed by atoms with Crippen molar-refractivity contribution in [1.82, 2.24) is 14.3 Å². The highest BCUT2D eigenvalue weighted by atomic mass is 32.1. The second-order valence-corrected chi connectivity index (χ2v) is 7.41. The lowest BCUT2D eigenvalue weighted by Gasteiger charge is -2.26. The minimum Gasteiger partial charge on any atom is -0.494 e. The molecule has 2 aromatic heterocycles. The van der Waals surface area contributed by atoms with Crippen molar-refractivity contribution in [2.24, 2.45) is 0 Å². The van der Waals surface area contributed by atoms with E-state index in [1.54, 1.807) is 18.3 Å². The van der Waals surface area contributed by atoms with E-state index in [9.17, 15) is 9.59 Å². The Morgan fingerprint density at radius 2 is 2.00 bits per heavy atom. The van der Waals surface area contributed by atoms with Gasteiger partial charge in [0.2, 0.25) is 0 Å². The van der Waals surface area contributed by atoms with Crippen molar-refractivity contribution in [3.63, 3.8) is 0 Å². The number of aromatic nitrogens is 2. The molecular weight excluding hydrogens is 350 g/mol. The largest absolute Gasteiger partial charge is 0.494 e. The lowest BCUT2D eigenvalue weighted by Crippen LogP contribution is -2.44. The number of carbonyl (C=O) groups excluding carboxylic acids is 1. The second-order valence-electron chi connectivity index (χ2n) is 6.47. The zero-order valence-corrected chi connectivity index (χ0v) is 15.8. The number of nitrogens with one attached hydrogen (secondary N) is 1. The standard InChI is InChI=1S/C19H21N3O3S/c1-4-12-25-14-9-7-13(8-10-14)19(2,3)21-18(24)22-17(23)15-6-5-11-20-16(15)26-22/h5-11H,4,12H2,1-3H3,(H,21,24). The molecule has 0 aliphatic heterocycles. The Kier molecular flexibility index (Phi) is 5.08. The Balaban J connectivity index is 1.80. The summed E-state index contributed by atoms with van der Waals surface area (Å²) >= 11 is 1.04. The van der Waals surface area contributed by atoms with E-state index >= 15 is 0 Å². The fourth-order valence-corrected chi connectivity index (χ4v) is 3.42. The first kappa shape index (κ1) is 18.1. The Morgan fingerprint density at radius 1 is 1.27 bits per heavy atom. The molecule has 0 aliphatic rings. The predicted molar refractivity (Wildman–Crippen MR) is 103 cm³/mol. The van der Waals surface area contributed by atoms with Gasteiger partial charge in [-0.2, -0.15) is 3.96 Å². The van der Waals surface area contributed by atoms with Gasteiger partial charge in [0.15, 0.2) is 0 Å². The van der Waals surface area contributed by atoms with Crippen molar-refractivity contribution in [1.29, 1.82) is 0 Å². The fraction of sp³-hybridized carbons (Fsp3) is 0.316. The summed E-state index contributed by atoms with van der Waals surface area (Å²) in [6, 6.07) is 10.5. The second kappa shape index (κ2) is 7.29. The Hall–Kier alpha value is -2.67. The van der Waals surface area contributed by atoms with Gasteiger partial charge in [-0.3, -0.25) is 4.79 Å². The highest BCUT2D eigenvalue weighted by Gasteiger charge is 2.25. The third-order valence-electron chi connectivity index (χ3n) is 4.02. The topological polar surface area (TPSA) is 73.2 Å². The number of hydrogen-bond donors (Lipinski definition) is 1. The van der Waals surface area contributed by atoms with Crippen LogP contribution in [0.5, 0.6) is 5.75 Å². The molecule has 0 atom stereocenters. The summed E-state index contributed by atoms with van der Waals surface area (Å²) in [5.74, 6) is 0.796. The van der Waals surface area contributed by atoms with Crippen molar-refractivity contribution in [2.75, 3.05) is 6.61 Å². The van der Waals surface area contributed by atoms with Crippen LogP contribution in [0.3, 0.4) is 0 Å². The number of fused-ring (bicyclic) bond motifs is 1. The molecule has 0 saturated heterocycles. The SMILES string of the molecule is CCCOc1ccc(C(C)(C)NC(=O)n2sc3ncccc3c2=O)cc1. The molecule has 7 heteroatoms. The van der Waals surface area contributed by atoms with Gasteiger partial charge in [0.1, 0.15) is 10.6 Å². The molecule has 3 aromatic rings. The molecule has 0 bridgehead atoms. The molecule has 2 heterocycles. The maximum Gasteiger partial charge on any atom is 0.338 e. The molecule has 1 aromatic carbocycles. The number of hydrogen-bond acceptors (Lipinski definition) is 5. The number of carbonyl (C=O) groups is 1. The van der Waals surface area contributed by atoms with Crippen molar-refractivity contribution in [3.05, 3.63) is 58.5 Å². The number of ether oxygens (including phenoxy) is 1. The van der Waals surface area contributed by atoms with Gasteiger partial charge >= 0.3 is 6.03 Å². The van der Waals surface area contributed by atoms with Crippen molar-refractivity contribution in [3.8, 4) is 5.75 Å². The van der Waals surface area contributed by atoms with E-state index in [0.29, 0.717) is 16.8 Å². The third kappa shape index (κ3) is 3.62. The summed E-state index contributed by atoms with van der Waals surface area (Å²) < 4.78 is 6.69. The number of rotatable bonds is 5. The van der Waals surface area contributed by atoms with Gasteiger partial charge < -0.3 is 10.1 Å².